The van der Waals surface area contributed by atoms with E-state index in [1.165, 1.54) is 19.3 Å². The van der Waals surface area contributed by atoms with E-state index in [4.69, 9.17) is 9.52 Å². The molecule has 1 aromatic rings. The van der Waals surface area contributed by atoms with Crippen LogP contribution in [0.15, 0.2) is 22.8 Å². The standard InChI is InChI=1S/C13H18N2O5/c1-3-9(7-11(16)17)15-12(18)8(2)14-13(19)10-5-4-6-20-10/h4-6,8-9H,3,7H2,1-2H3,(H,14,19)(H,15,18)(H,16,17). The molecular formula is C13H18N2O5. The first-order valence-electron chi connectivity index (χ1n) is 6.30. The van der Waals surface area contributed by atoms with Gasteiger partial charge in [-0.2, -0.15) is 0 Å². The lowest BCUT2D eigenvalue weighted by Crippen LogP contribution is -2.48. The molecule has 20 heavy (non-hydrogen) atoms. The monoisotopic (exact) mass is 282 g/mol. The van der Waals surface area contributed by atoms with Crippen LogP contribution in [0.2, 0.25) is 0 Å². The third kappa shape index (κ3) is 4.75. The third-order valence-corrected chi connectivity index (χ3v) is 2.75. The summed E-state index contributed by atoms with van der Waals surface area (Å²) in [6.45, 7) is 3.30. The lowest BCUT2D eigenvalue weighted by Gasteiger charge is -2.18. The zero-order chi connectivity index (χ0) is 15.1. The molecular weight excluding hydrogens is 264 g/mol. The maximum absolute atomic E-state index is 11.8. The van der Waals surface area contributed by atoms with Gasteiger partial charge in [-0.05, 0) is 25.5 Å². The van der Waals surface area contributed by atoms with Crippen molar-refractivity contribution in [1.82, 2.24) is 10.6 Å². The quantitative estimate of drug-likeness (QED) is 0.684. The molecule has 1 heterocycles. The van der Waals surface area contributed by atoms with Gasteiger partial charge in [0.1, 0.15) is 6.04 Å². The number of hydrogen-bond acceptors (Lipinski definition) is 4. The average molecular weight is 282 g/mol. The van der Waals surface area contributed by atoms with Crippen LogP contribution in [0.1, 0.15) is 37.2 Å². The molecule has 2 atom stereocenters. The maximum Gasteiger partial charge on any atom is 0.305 e. The SMILES string of the molecule is CCC(CC(=O)O)NC(=O)C(C)NC(=O)c1ccco1. The zero-order valence-electron chi connectivity index (χ0n) is 11.4. The van der Waals surface area contributed by atoms with Crippen molar-refractivity contribution in [1.29, 1.82) is 0 Å². The van der Waals surface area contributed by atoms with Gasteiger partial charge in [-0.1, -0.05) is 6.92 Å². The number of amides is 2. The van der Waals surface area contributed by atoms with Crippen LogP contribution in [0.3, 0.4) is 0 Å². The van der Waals surface area contributed by atoms with Crippen LogP contribution < -0.4 is 10.6 Å². The smallest absolute Gasteiger partial charge is 0.305 e. The first-order valence-corrected chi connectivity index (χ1v) is 6.30. The highest BCUT2D eigenvalue weighted by Gasteiger charge is 2.21. The van der Waals surface area contributed by atoms with E-state index in [9.17, 15) is 14.4 Å². The number of hydrogen-bond donors (Lipinski definition) is 3. The van der Waals surface area contributed by atoms with Crippen LogP contribution in [0.4, 0.5) is 0 Å². The normalized spacial score (nSPS) is 13.3. The Bertz CT molecular complexity index is 469. The topological polar surface area (TPSA) is 109 Å². The maximum atomic E-state index is 11.8. The van der Waals surface area contributed by atoms with E-state index in [1.54, 1.807) is 13.0 Å². The molecule has 0 aliphatic heterocycles. The van der Waals surface area contributed by atoms with Crippen molar-refractivity contribution >= 4 is 17.8 Å². The minimum atomic E-state index is -0.982. The summed E-state index contributed by atoms with van der Waals surface area (Å²) < 4.78 is 4.91. The van der Waals surface area contributed by atoms with E-state index >= 15 is 0 Å². The van der Waals surface area contributed by atoms with Gasteiger partial charge in [0.25, 0.3) is 5.91 Å². The van der Waals surface area contributed by atoms with E-state index in [1.807, 2.05) is 0 Å². The lowest BCUT2D eigenvalue weighted by molar-refractivity contribution is -0.137. The summed E-state index contributed by atoms with van der Waals surface area (Å²) in [5.74, 6) is -1.80. The van der Waals surface area contributed by atoms with Crippen LogP contribution in [0.5, 0.6) is 0 Å². The van der Waals surface area contributed by atoms with E-state index in [-0.39, 0.29) is 12.2 Å². The molecule has 2 unspecified atom stereocenters. The molecule has 7 heteroatoms. The first kappa shape index (κ1) is 15.7. The van der Waals surface area contributed by atoms with Crippen LogP contribution in [-0.4, -0.2) is 35.0 Å². The van der Waals surface area contributed by atoms with Crippen molar-refractivity contribution in [2.24, 2.45) is 0 Å². The van der Waals surface area contributed by atoms with Gasteiger partial charge >= 0.3 is 5.97 Å². The van der Waals surface area contributed by atoms with E-state index in [0.29, 0.717) is 6.42 Å². The van der Waals surface area contributed by atoms with E-state index in [0.717, 1.165) is 0 Å². The van der Waals surface area contributed by atoms with Gasteiger partial charge in [-0.25, -0.2) is 0 Å². The summed E-state index contributed by atoms with van der Waals surface area (Å²) in [4.78, 5) is 34.1. The molecule has 0 spiro atoms. The summed E-state index contributed by atoms with van der Waals surface area (Å²) in [7, 11) is 0. The molecule has 0 aliphatic carbocycles. The molecule has 1 rings (SSSR count). The van der Waals surface area contributed by atoms with E-state index in [2.05, 4.69) is 10.6 Å². The molecule has 0 saturated heterocycles. The number of carboxylic acid groups (broad SMARTS) is 1. The Morgan fingerprint density at radius 1 is 1.35 bits per heavy atom. The molecule has 2 amide bonds. The van der Waals surface area contributed by atoms with Gasteiger partial charge < -0.3 is 20.2 Å². The zero-order valence-corrected chi connectivity index (χ0v) is 11.4. The van der Waals surface area contributed by atoms with Crippen molar-refractivity contribution in [3.8, 4) is 0 Å². The predicted molar refractivity (Wildman–Crippen MR) is 70.1 cm³/mol. The largest absolute Gasteiger partial charge is 0.481 e. The highest BCUT2D eigenvalue weighted by molar-refractivity contribution is 5.95. The number of rotatable bonds is 7. The lowest BCUT2D eigenvalue weighted by atomic mass is 10.1. The number of carbonyl (C=O) groups excluding carboxylic acids is 2. The molecule has 0 aromatic carbocycles. The van der Waals surface area contributed by atoms with Crippen LogP contribution in [0.25, 0.3) is 0 Å². The van der Waals surface area contributed by atoms with Crippen molar-refractivity contribution in [3.05, 3.63) is 24.2 Å². The minimum Gasteiger partial charge on any atom is -0.481 e. The molecule has 110 valence electrons. The van der Waals surface area contributed by atoms with Gasteiger partial charge in [0.15, 0.2) is 5.76 Å². The van der Waals surface area contributed by atoms with E-state index < -0.39 is 29.9 Å². The first-order chi connectivity index (χ1) is 9.43. The predicted octanol–water partition coefficient (Wildman–Crippen LogP) is 0.767. The molecule has 0 aliphatic rings. The second kappa shape index (κ2) is 7.32. The summed E-state index contributed by atoms with van der Waals surface area (Å²) in [5, 5.41) is 13.8. The van der Waals surface area contributed by atoms with Crippen LogP contribution >= 0.6 is 0 Å². The number of furan rings is 1. The van der Waals surface area contributed by atoms with Crippen molar-refractivity contribution in [2.45, 2.75) is 38.8 Å². The van der Waals surface area contributed by atoms with Crippen molar-refractivity contribution < 1.29 is 23.9 Å². The molecule has 0 bridgehead atoms. The van der Waals surface area contributed by atoms with Gasteiger partial charge in [-0.3, -0.25) is 14.4 Å². The number of aliphatic carboxylic acids is 1. The fourth-order valence-corrected chi connectivity index (χ4v) is 1.58. The van der Waals surface area contributed by atoms with Crippen LogP contribution in [-0.2, 0) is 9.59 Å². The Hall–Kier alpha value is -2.31. The molecule has 3 N–H and O–H groups in total. The molecule has 0 radical (unpaired) electrons. The molecule has 1 aromatic heterocycles. The number of nitrogens with one attached hydrogen (secondary N) is 2. The Morgan fingerprint density at radius 3 is 2.55 bits per heavy atom. The van der Waals surface area contributed by atoms with Gasteiger partial charge in [0, 0.05) is 6.04 Å². The Morgan fingerprint density at radius 2 is 2.05 bits per heavy atom. The second-order valence-corrected chi connectivity index (χ2v) is 4.38. The fraction of sp³-hybridized carbons (Fsp3) is 0.462. The molecule has 0 saturated carbocycles. The van der Waals surface area contributed by atoms with Crippen LogP contribution in [0, 0.1) is 0 Å². The summed E-state index contributed by atoms with van der Waals surface area (Å²) in [6, 6.07) is 1.82. The summed E-state index contributed by atoms with van der Waals surface area (Å²) in [5.41, 5.74) is 0. The third-order valence-electron chi connectivity index (χ3n) is 2.75. The highest BCUT2D eigenvalue weighted by Crippen LogP contribution is 2.01. The number of carbonyl (C=O) groups is 3. The van der Waals surface area contributed by atoms with Gasteiger partial charge in [0.05, 0.1) is 12.7 Å². The van der Waals surface area contributed by atoms with Crippen molar-refractivity contribution in [2.75, 3.05) is 0 Å². The Labute approximate surface area is 116 Å². The second-order valence-electron chi connectivity index (χ2n) is 4.38. The van der Waals surface area contributed by atoms with Gasteiger partial charge in [0.2, 0.25) is 5.91 Å². The Kier molecular flexibility index (Phi) is 5.76. The summed E-state index contributed by atoms with van der Waals surface area (Å²) in [6.07, 6.45) is 1.71. The number of carboxylic acids is 1. The van der Waals surface area contributed by atoms with Crippen molar-refractivity contribution in [3.63, 3.8) is 0 Å². The Balaban J connectivity index is 2.50. The molecule has 0 fully saturated rings. The highest BCUT2D eigenvalue weighted by atomic mass is 16.4. The summed E-state index contributed by atoms with van der Waals surface area (Å²) >= 11 is 0. The van der Waals surface area contributed by atoms with Gasteiger partial charge in [-0.15, -0.1) is 0 Å². The fourth-order valence-electron chi connectivity index (χ4n) is 1.58. The molecule has 7 nitrogen and oxygen atoms in total. The minimum absolute atomic E-state index is 0.113. The average Bonchev–Trinajstić information content (AvgIpc) is 2.90.